The molecule has 0 aliphatic rings. The number of sulfonamides is 1. The number of nitrogens with one attached hydrogen (secondary N) is 1. The zero-order valence-corrected chi connectivity index (χ0v) is 13.6. The molecule has 0 fully saturated rings. The summed E-state index contributed by atoms with van der Waals surface area (Å²) < 4.78 is 45.9. The third kappa shape index (κ3) is 3.69. The summed E-state index contributed by atoms with van der Waals surface area (Å²) in [5.74, 6) is -0.561. The predicted molar refractivity (Wildman–Crippen MR) is 84.6 cm³/mol. The zero-order chi connectivity index (χ0) is 16.3. The Bertz CT molecular complexity index is 793. The maximum Gasteiger partial charge on any atom is 0.262 e. The van der Waals surface area contributed by atoms with Crippen LogP contribution in [0.25, 0.3) is 0 Å². The largest absolute Gasteiger partial charge is 0.491 e. The number of ether oxygens (including phenoxy) is 1. The second-order valence-corrected chi connectivity index (χ2v) is 6.68. The first kappa shape index (κ1) is 16.6. The van der Waals surface area contributed by atoms with E-state index in [0.29, 0.717) is 17.2 Å². The van der Waals surface area contributed by atoms with Gasteiger partial charge in [-0.25, -0.2) is 12.8 Å². The molecular formula is C15H15ClFNO3S. The monoisotopic (exact) mass is 343 g/mol. The molecular weight excluding hydrogens is 329 g/mol. The van der Waals surface area contributed by atoms with Crippen LogP contribution >= 0.6 is 11.6 Å². The number of rotatable bonds is 5. The SMILES string of the molecule is CCOc1ccc(NS(=O)(=O)c2cc(Cl)ccc2C)cc1F. The van der Waals surface area contributed by atoms with E-state index in [1.54, 1.807) is 26.0 Å². The minimum absolute atomic E-state index is 0.0503. The average Bonchev–Trinajstić information content (AvgIpc) is 2.44. The van der Waals surface area contributed by atoms with E-state index in [1.165, 1.54) is 18.2 Å². The molecule has 1 N–H and O–H groups in total. The first-order valence-electron chi connectivity index (χ1n) is 6.55. The standard InChI is InChI=1S/C15H15ClFNO3S/c1-3-21-14-7-6-12(9-13(14)17)18-22(19,20)15-8-11(16)5-4-10(15)2/h4-9,18H,3H2,1-2H3. The Morgan fingerprint density at radius 1 is 1.23 bits per heavy atom. The van der Waals surface area contributed by atoms with Gasteiger partial charge in [0.25, 0.3) is 10.0 Å². The Labute approximate surface area is 133 Å². The molecule has 0 saturated heterocycles. The molecule has 4 nitrogen and oxygen atoms in total. The first-order valence-corrected chi connectivity index (χ1v) is 8.41. The number of anilines is 1. The molecule has 2 rings (SSSR count). The lowest BCUT2D eigenvalue weighted by atomic mass is 10.2. The molecule has 0 spiro atoms. The van der Waals surface area contributed by atoms with Gasteiger partial charge in [0.15, 0.2) is 11.6 Å². The van der Waals surface area contributed by atoms with Crippen molar-refractivity contribution in [2.75, 3.05) is 11.3 Å². The highest BCUT2D eigenvalue weighted by molar-refractivity contribution is 7.92. The molecule has 0 unspecified atom stereocenters. The lowest BCUT2D eigenvalue weighted by Gasteiger charge is -2.12. The van der Waals surface area contributed by atoms with E-state index in [0.717, 1.165) is 6.07 Å². The number of hydrogen-bond donors (Lipinski definition) is 1. The third-order valence-electron chi connectivity index (χ3n) is 2.92. The van der Waals surface area contributed by atoms with Crippen molar-refractivity contribution in [3.8, 4) is 5.75 Å². The van der Waals surface area contributed by atoms with Gasteiger partial charge in [-0.15, -0.1) is 0 Å². The van der Waals surface area contributed by atoms with Crippen LogP contribution in [0.3, 0.4) is 0 Å². The Kier molecular flexibility index (Phi) is 4.93. The topological polar surface area (TPSA) is 55.4 Å². The molecule has 0 bridgehead atoms. The molecule has 7 heteroatoms. The fourth-order valence-electron chi connectivity index (χ4n) is 1.91. The van der Waals surface area contributed by atoms with Crippen LogP contribution in [0.5, 0.6) is 5.75 Å². The summed E-state index contributed by atoms with van der Waals surface area (Å²) in [4.78, 5) is 0.0503. The summed E-state index contributed by atoms with van der Waals surface area (Å²) >= 11 is 5.84. The number of benzene rings is 2. The van der Waals surface area contributed by atoms with Crippen molar-refractivity contribution in [2.45, 2.75) is 18.7 Å². The van der Waals surface area contributed by atoms with E-state index in [-0.39, 0.29) is 16.3 Å². The van der Waals surface area contributed by atoms with Gasteiger partial charge in [-0.05, 0) is 43.7 Å². The molecule has 0 aliphatic carbocycles. The predicted octanol–water partition coefficient (Wildman–Crippen LogP) is 3.99. The third-order valence-corrected chi connectivity index (χ3v) is 4.68. The molecule has 0 aromatic heterocycles. The molecule has 0 aliphatic heterocycles. The van der Waals surface area contributed by atoms with E-state index in [2.05, 4.69) is 4.72 Å². The van der Waals surface area contributed by atoms with Crippen LogP contribution in [0.1, 0.15) is 12.5 Å². The highest BCUT2D eigenvalue weighted by atomic mass is 35.5. The van der Waals surface area contributed by atoms with E-state index >= 15 is 0 Å². The Balaban J connectivity index is 2.33. The van der Waals surface area contributed by atoms with Crippen LogP contribution in [0.4, 0.5) is 10.1 Å². The van der Waals surface area contributed by atoms with Gasteiger partial charge in [-0.3, -0.25) is 4.72 Å². The molecule has 2 aromatic rings. The smallest absolute Gasteiger partial charge is 0.262 e. The second kappa shape index (κ2) is 6.54. The maximum absolute atomic E-state index is 13.8. The van der Waals surface area contributed by atoms with Crippen LogP contribution in [-0.2, 0) is 10.0 Å². The number of hydrogen-bond acceptors (Lipinski definition) is 3. The van der Waals surface area contributed by atoms with Crippen LogP contribution in [0.15, 0.2) is 41.3 Å². The lowest BCUT2D eigenvalue weighted by molar-refractivity contribution is 0.321. The quantitative estimate of drug-likeness (QED) is 0.893. The van der Waals surface area contributed by atoms with Crippen molar-refractivity contribution in [3.63, 3.8) is 0 Å². The van der Waals surface area contributed by atoms with Crippen molar-refractivity contribution in [1.29, 1.82) is 0 Å². The second-order valence-electron chi connectivity index (χ2n) is 4.59. The van der Waals surface area contributed by atoms with E-state index < -0.39 is 15.8 Å². The highest BCUT2D eigenvalue weighted by Crippen LogP contribution is 2.25. The summed E-state index contributed by atoms with van der Waals surface area (Å²) in [5.41, 5.74) is 0.656. The Morgan fingerprint density at radius 3 is 2.59 bits per heavy atom. The fourth-order valence-corrected chi connectivity index (χ4v) is 3.47. The number of aryl methyl sites for hydroxylation is 1. The van der Waals surface area contributed by atoms with E-state index in [1.807, 2.05) is 0 Å². The van der Waals surface area contributed by atoms with Crippen molar-refractivity contribution in [2.24, 2.45) is 0 Å². The lowest BCUT2D eigenvalue weighted by Crippen LogP contribution is -2.14. The first-order chi connectivity index (χ1) is 10.3. The summed E-state index contributed by atoms with van der Waals surface area (Å²) in [6.45, 7) is 3.71. The van der Waals surface area contributed by atoms with Crippen molar-refractivity contribution in [1.82, 2.24) is 0 Å². The van der Waals surface area contributed by atoms with Crippen molar-refractivity contribution in [3.05, 3.63) is 52.8 Å². The van der Waals surface area contributed by atoms with E-state index in [4.69, 9.17) is 16.3 Å². The van der Waals surface area contributed by atoms with Gasteiger partial charge >= 0.3 is 0 Å². The highest BCUT2D eigenvalue weighted by Gasteiger charge is 2.18. The van der Waals surface area contributed by atoms with Crippen LogP contribution in [-0.4, -0.2) is 15.0 Å². The molecule has 0 atom stereocenters. The van der Waals surface area contributed by atoms with Gasteiger partial charge in [0.2, 0.25) is 0 Å². The molecule has 0 heterocycles. The molecule has 0 saturated carbocycles. The van der Waals surface area contributed by atoms with Crippen LogP contribution < -0.4 is 9.46 Å². The van der Waals surface area contributed by atoms with E-state index in [9.17, 15) is 12.8 Å². The van der Waals surface area contributed by atoms with Crippen molar-refractivity contribution >= 4 is 27.3 Å². The van der Waals surface area contributed by atoms with Crippen molar-refractivity contribution < 1.29 is 17.5 Å². The summed E-state index contributed by atoms with van der Waals surface area (Å²) in [7, 11) is -3.85. The van der Waals surface area contributed by atoms with Gasteiger partial charge in [-0.1, -0.05) is 17.7 Å². The summed E-state index contributed by atoms with van der Waals surface area (Å²) in [6, 6.07) is 8.45. The normalized spacial score (nSPS) is 11.3. The molecule has 0 radical (unpaired) electrons. The van der Waals surface area contributed by atoms with Crippen LogP contribution in [0.2, 0.25) is 5.02 Å². The molecule has 0 amide bonds. The van der Waals surface area contributed by atoms with Gasteiger partial charge < -0.3 is 4.74 Å². The molecule has 22 heavy (non-hydrogen) atoms. The van der Waals surface area contributed by atoms with Gasteiger partial charge in [0.05, 0.1) is 17.2 Å². The molecule has 118 valence electrons. The summed E-state index contributed by atoms with van der Waals surface area (Å²) in [6.07, 6.45) is 0. The van der Waals surface area contributed by atoms with Crippen LogP contribution in [0, 0.1) is 12.7 Å². The Morgan fingerprint density at radius 2 is 1.95 bits per heavy atom. The number of halogens is 2. The fraction of sp³-hybridized carbons (Fsp3) is 0.200. The minimum atomic E-state index is -3.85. The average molecular weight is 344 g/mol. The van der Waals surface area contributed by atoms with Gasteiger partial charge in [0.1, 0.15) is 0 Å². The maximum atomic E-state index is 13.8. The summed E-state index contributed by atoms with van der Waals surface area (Å²) in [5, 5.41) is 0.309. The zero-order valence-electron chi connectivity index (χ0n) is 12.1. The minimum Gasteiger partial charge on any atom is -0.491 e. The van der Waals surface area contributed by atoms with Gasteiger partial charge in [0, 0.05) is 11.1 Å². The Hall–Kier alpha value is -1.79. The van der Waals surface area contributed by atoms with Gasteiger partial charge in [-0.2, -0.15) is 0 Å². The molecule has 2 aromatic carbocycles.